The summed E-state index contributed by atoms with van der Waals surface area (Å²) in [6.07, 6.45) is 2.63. The van der Waals surface area contributed by atoms with E-state index < -0.39 is 0 Å². The highest BCUT2D eigenvalue weighted by atomic mass is 16.5. The van der Waals surface area contributed by atoms with Crippen molar-refractivity contribution < 1.29 is 14.6 Å². The third-order valence-electron chi connectivity index (χ3n) is 2.11. The van der Waals surface area contributed by atoms with Gasteiger partial charge in [0, 0.05) is 20.2 Å². The Labute approximate surface area is 99.2 Å². The summed E-state index contributed by atoms with van der Waals surface area (Å²) >= 11 is 0. The van der Waals surface area contributed by atoms with Gasteiger partial charge in [0.25, 0.3) is 5.91 Å². The summed E-state index contributed by atoms with van der Waals surface area (Å²) in [5.41, 5.74) is 5.58. The number of aliphatic hydroxyl groups is 1. The Bertz CT molecular complexity index is 355. The minimum absolute atomic E-state index is 0.113. The maximum atomic E-state index is 12.0. The van der Waals surface area contributed by atoms with E-state index in [-0.39, 0.29) is 30.6 Å². The number of anilines is 1. The van der Waals surface area contributed by atoms with Gasteiger partial charge in [0.1, 0.15) is 11.5 Å². The third kappa shape index (κ3) is 3.97. The van der Waals surface area contributed by atoms with E-state index in [9.17, 15) is 4.79 Å². The van der Waals surface area contributed by atoms with Gasteiger partial charge >= 0.3 is 0 Å². The quantitative estimate of drug-likeness (QED) is 0.671. The first-order valence-electron chi connectivity index (χ1n) is 5.15. The lowest BCUT2D eigenvalue weighted by Crippen LogP contribution is -2.36. The molecule has 17 heavy (non-hydrogen) atoms. The summed E-state index contributed by atoms with van der Waals surface area (Å²) < 4.78 is 4.89. The number of nitrogens with two attached hydrogens (primary N) is 1. The van der Waals surface area contributed by atoms with Crippen LogP contribution >= 0.6 is 0 Å². The molecular formula is C10H16N4O3. The van der Waals surface area contributed by atoms with Crippen LogP contribution in [0.4, 0.5) is 5.82 Å². The second kappa shape index (κ2) is 6.77. The van der Waals surface area contributed by atoms with E-state index in [1.807, 2.05) is 0 Å². The molecule has 0 aliphatic rings. The van der Waals surface area contributed by atoms with Gasteiger partial charge < -0.3 is 20.5 Å². The number of hydrogen-bond acceptors (Lipinski definition) is 6. The molecule has 1 aromatic rings. The molecular weight excluding hydrogens is 224 g/mol. The van der Waals surface area contributed by atoms with Gasteiger partial charge in [0.2, 0.25) is 0 Å². The molecule has 0 bridgehead atoms. The molecule has 0 spiro atoms. The molecule has 1 amide bonds. The largest absolute Gasteiger partial charge is 0.395 e. The summed E-state index contributed by atoms with van der Waals surface area (Å²) in [5.74, 6) is -0.0456. The van der Waals surface area contributed by atoms with Crippen molar-refractivity contribution in [3.05, 3.63) is 18.1 Å². The number of carbonyl (C=O) groups excluding carboxylic acids is 1. The number of carbonyl (C=O) groups is 1. The van der Waals surface area contributed by atoms with Gasteiger partial charge in [-0.15, -0.1) is 0 Å². The lowest BCUT2D eigenvalue weighted by atomic mass is 10.3. The average molecular weight is 240 g/mol. The third-order valence-corrected chi connectivity index (χ3v) is 2.11. The zero-order valence-corrected chi connectivity index (χ0v) is 9.67. The van der Waals surface area contributed by atoms with Crippen molar-refractivity contribution >= 4 is 11.7 Å². The van der Waals surface area contributed by atoms with E-state index in [1.165, 1.54) is 17.3 Å². The maximum absolute atomic E-state index is 12.0. The first kappa shape index (κ1) is 13.3. The number of aromatic nitrogens is 2. The van der Waals surface area contributed by atoms with Crippen LogP contribution in [0.2, 0.25) is 0 Å². The van der Waals surface area contributed by atoms with Crippen molar-refractivity contribution in [2.75, 3.05) is 39.1 Å². The smallest absolute Gasteiger partial charge is 0.274 e. The summed E-state index contributed by atoms with van der Waals surface area (Å²) in [7, 11) is 1.55. The highest BCUT2D eigenvalue weighted by molar-refractivity contribution is 5.92. The van der Waals surface area contributed by atoms with Gasteiger partial charge in [-0.3, -0.25) is 4.79 Å². The highest BCUT2D eigenvalue weighted by Gasteiger charge is 2.16. The van der Waals surface area contributed by atoms with E-state index in [0.29, 0.717) is 13.2 Å². The van der Waals surface area contributed by atoms with E-state index >= 15 is 0 Å². The molecule has 0 atom stereocenters. The van der Waals surface area contributed by atoms with Crippen molar-refractivity contribution in [3.63, 3.8) is 0 Å². The molecule has 1 heterocycles. The fraction of sp³-hybridized carbons (Fsp3) is 0.500. The van der Waals surface area contributed by atoms with Crippen molar-refractivity contribution in [3.8, 4) is 0 Å². The van der Waals surface area contributed by atoms with Crippen LogP contribution in [0.1, 0.15) is 10.5 Å². The monoisotopic (exact) mass is 240 g/mol. The minimum atomic E-state index is -0.302. The molecule has 7 nitrogen and oxygen atoms in total. The van der Waals surface area contributed by atoms with Crippen LogP contribution < -0.4 is 5.73 Å². The molecule has 0 aliphatic carbocycles. The fourth-order valence-electron chi connectivity index (χ4n) is 1.25. The van der Waals surface area contributed by atoms with Crippen molar-refractivity contribution in [1.82, 2.24) is 14.9 Å². The lowest BCUT2D eigenvalue weighted by Gasteiger charge is -2.20. The standard InChI is InChI=1S/C10H16N4O3/c1-17-5-3-14(2-4-15)10(16)8-6-13-9(11)7-12-8/h6-7,15H,2-5H2,1H3,(H2,11,13). The van der Waals surface area contributed by atoms with Crippen LogP contribution in [0.15, 0.2) is 12.4 Å². The molecule has 0 saturated heterocycles. The second-order valence-corrected chi connectivity index (χ2v) is 3.34. The van der Waals surface area contributed by atoms with Crippen molar-refractivity contribution in [1.29, 1.82) is 0 Å². The topological polar surface area (TPSA) is 102 Å². The molecule has 0 unspecified atom stereocenters. The maximum Gasteiger partial charge on any atom is 0.274 e. The van der Waals surface area contributed by atoms with Crippen molar-refractivity contribution in [2.24, 2.45) is 0 Å². The van der Waals surface area contributed by atoms with Gasteiger partial charge in [-0.05, 0) is 0 Å². The zero-order valence-electron chi connectivity index (χ0n) is 9.67. The summed E-state index contributed by atoms with van der Waals surface area (Å²) in [4.78, 5) is 21.1. The number of methoxy groups -OCH3 is 1. The number of nitrogen functional groups attached to an aromatic ring is 1. The number of aliphatic hydroxyl groups excluding tert-OH is 1. The van der Waals surface area contributed by atoms with Crippen LogP contribution in [0.5, 0.6) is 0 Å². The molecule has 0 aliphatic heterocycles. The van der Waals surface area contributed by atoms with Gasteiger partial charge in [-0.25, -0.2) is 9.97 Å². The summed E-state index contributed by atoms with van der Waals surface area (Å²) in [6.45, 7) is 0.905. The van der Waals surface area contributed by atoms with E-state index in [0.717, 1.165) is 0 Å². The van der Waals surface area contributed by atoms with Gasteiger partial charge in [-0.2, -0.15) is 0 Å². The van der Waals surface area contributed by atoms with Gasteiger partial charge in [0.15, 0.2) is 0 Å². The van der Waals surface area contributed by atoms with E-state index in [1.54, 1.807) is 7.11 Å². The number of ether oxygens (including phenoxy) is 1. The molecule has 0 aromatic carbocycles. The minimum Gasteiger partial charge on any atom is -0.395 e. The Kier molecular flexibility index (Phi) is 5.31. The number of hydrogen-bond donors (Lipinski definition) is 2. The van der Waals surface area contributed by atoms with Crippen LogP contribution in [0, 0.1) is 0 Å². The molecule has 94 valence electrons. The Hall–Kier alpha value is -1.73. The Balaban J connectivity index is 2.72. The summed E-state index contributed by atoms with van der Waals surface area (Å²) in [6, 6.07) is 0. The highest BCUT2D eigenvalue weighted by Crippen LogP contribution is 2.02. The number of amides is 1. The molecule has 3 N–H and O–H groups in total. The van der Waals surface area contributed by atoms with E-state index in [2.05, 4.69) is 9.97 Å². The predicted molar refractivity (Wildman–Crippen MR) is 61.3 cm³/mol. The first-order valence-corrected chi connectivity index (χ1v) is 5.15. The molecule has 0 radical (unpaired) electrons. The second-order valence-electron chi connectivity index (χ2n) is 3.34. The number of rotatable bonds is 6. The van der Waals surface area contributed by atoms with Crippen molar-refractivity contribution in [2.45, 2.75) is 0 Å². The Morgan fingerprint density at radius 2 is 2.24 bits per heavy atom. The SMILES string of the molecule is COCCN(CCO)C(=O)c1cnc(N)cn1. The molecule has 1 rings (SSSR count). The molecule has 0 saturated carbocycles. The van der Waals surface area contributed by atoms with Crippen LogP contribution in [-0.2, 0) is 4.74 Å². The van der Waals surface area contributed by atoms with Gasteiger partial charge in [-0.1, -0.05) is 0 Å². The van der Waals surface area contributed by atoms with Crippen LogP contribution in [-0.4, -0.2) is 59.3 Å². The molecule has 0 fully saturated rings. The average Bonchev–Trinajstić information content (AvgIpc) is 2.34. The summed E-state index contributed by atoms with van der Waals surface area (Å²) in [5, 5.41) is 8.89. The Morgan fingerprint density at radius 1 is 1.47 bits per heavy atom. The molecule has 7 heteroatoms. The zero-order chi connectivity index (χ0) is 12.7. The van der Waals surface area contributed by atoms with E-state index in [4.69, 9.17) is 15.6 Å². The van der Waals surface area contributed by atoms with Gasteiger partial charge in [0.05, 0.1) is 25.6 Å². The predicted octanol–water partition coefficient (Wildman–Crippen LogP) is -0.860. The Morgan fingerprint density at radius 3 is 2.76 bits per heavy atom. The number of nitrogens with zero attached hydrogens (tertiary/aromatic N) is 3. The normalized spacial score (nSPS) is 10.2. The van der Waals surface area contributed by atoms with Crippen LogP contribution in [0.25, 0.3) is 0 Å². The lowest BCUT2D eigenvalue weighted by molar-refractivity contribution is 0.0650. The fourth-order valence-corrected chi connectivity index (χ4v) is 1.25. The van der Waals surface area contributed by atoms with Crippen LogP contribution in [0.3, 0.4) is 0 Å². The first-order chi connectivity index (χ1) is 8.19. The molecule has 1 aromatic heterocycles.